The van der Waals surface area contributed by atoms with Gasteiger partial charge in [-0.3, -0.25) is 0 Å². The number of aliphatic hydroxyl groups excluding tert-OH is 1. The highest BCUT2D eigenvalue weighted by Crippen LogP contribution is 2.37. The largest absolute Gasteiger partial charge is 0.393 e. The van der Waals surface area contributed by atoms with Crippen LogP contribution in [0.5, 0.6) is 0 Å². The van der Waals surface area contributed by atoms with E-state index in [4.69, 9.17) is 0 Å². The van der Waals surface area contributed by atoms with Crippen molar-refractivity contribution < 1.29 is 5.11 Å². The molecule has 0 amide bonds. The fourth-order valence-corrected chi connectivity index (χ4v) is 4.17. The SMILES string of the molecule is CCC1CCCCC1C(O)CCC1CCCC1. The zero-order valence-corrected chi connectivity index (χ0v) is 11.5. The highest BCUT2D eigenvalue weighted by molar-refractivity contribution is 4.81. The van der Waals surface area contributed by atoms with Gasteiger partial charge < -0.3 is 5.11 Å². The van der Waals surface area contributed by atoms with E-state index in [1.54, 1.807) is 0 Å². The molecule has 0 aromatic rings. The molecule has 0 heterocycles. The lowest BCUT2D eigenvalue weighted by atomic mass is 9.73. The minimum atomic E-state index is 0.000787. The Hall–Kier alpha value is -0.0400. The summed E-state index contributed by atoms with van der Waals surface area (Å²) in [4.78, 5) is 0. The molecule has 100 valence electrons. The monoisotopic (exact) mass is 238 g/mol. The summed E-state index contributed by atoms with van der Waals surface area (Å²) in [5.41, 5.74) is 0. The molecule has 0 spiro atoms. The molecule has 2 saturated carbocycles. The fraction of sp³-hybridized carbons (Fsp3) is 1.00. The molecule has 2 rings (SSSR count). The number of rotatable bonds is 5. The number of hydrogen-bond donors (Lipinski definition) is 1. The van der Waals surface area contributed by atoms with Gasteiger partial charge in [-0.2, -0.15) is 0 Å². The van der Waals surface area contributed by atoms with Crippen molar-refractivity contribution in [3.8, 4) is 0 Å². The second-order valence-corrected chi connectivity index (χ2v) is 6.41. The van der Waals surface area contributed by atoms with Crippen LogP contribution in [0, 0.1) is 17.8 Å². The molecule has 2 fully saturated rings. The van der Waals surface area contributed by atoms with E-state index in [9.17, 15) is 5.11 Å². The van der Waals surface area contributed by atoms with Gasteiger partial charge in [-0.05, 0) is 37.0 Å². The highest BCUT2D eigenvalue weighted by Gasteiger charge is 2.30. The predicted molar refractivity (Wildman–Crippen MR) is 72.9 cm³/mol. The third kappa shape index (κ3) is 3.71. The van der Waals surface area contributed by atoms with Gasteiger partial charge in [-0.25, -0.2) is 0 Å². The first-order chi connectivity index (χ1) is 8.31. The quantitative estimate of drug-likeness (QED) is 0.746. The summed E-state index contributed by atoms with van der Waals surface area (Å²) in [7, 11) is 0. The fourth-order valence-electron chi connectivity index (χ4n) is 4.17. The van der Waals surface area contributed by atoms with Crippen LogP contribution in [0.3, 0.4) is 0 Å². The van der Waals surface area contributed by atoms with Gasteiger partial charge in [-0.15, -0.1) is 0 Å². The van der Waals surface area contributed by atoms with E-state index in [2.05, 4.69) is 6.92 Å². The van der Waals surface area contributed by atoms with E-state index in [0.717, 1.165) is 18.3 Å². The smallest absolute Gasteiger partial charge is 0.0571 e. The molecular formula is C16H30O. The van der Waals surface area contributed by atoms with Crippen molar-refractivity contribution in [2.75, 3.05) is 0 Å². The Morgan fingerprint density at radius 2 is 1.65 bits per heavy atom. The Labute approximate surface area is 107 Å². The Balaban J connectivity index is 1.74. The first-order valence-electron chi connectivity index (χ1n) is 7.99. The van der Waals surface area contributed by atoms with E-state index in [-0.39, 0.29) is 6.10 Å². The molecule has 3 unspecified atom stereocenters. The second kappa shape index (κ2) is 6.78. The van der Waals surface area contributed by atoms with Crippen molar-refractivity contribution in [2.24, 2.45) is 17.8 Å². The van der Waals surface area contributed by atoms with Crippen molar-refractivity contribution in [2.45, 2.75) is 83.7 Å². The number of aliphatic hydroxyl groups is 1. The molecule has 3 atom stereocenters. The molecule has 0 aromatic carbocycles. The predicted octanol–water partition coefficient (Wildman–Crippen LogP) is 4.53. The molecule has 2 aliphatic rings. The standard InChI is InChI=1S/C16H30O/c1-2-14-9-5-6-10-15(14)16(17)12-11-13-7-3-4-8-13/h13-17H,2-12H2,1H3. The third-order valence-corrected chi connectivity index (χ3v) is 5.33. The summed E-state index contributed by atoms with van der Waals surface area (Å²) in [5, 5.41) is 10.4. The molecule has 0 aliphatic heterocycles. The summed E-state index contributed by atoms with van der Waals surface area (Å²) in [6.07, 6.45) is 14.7. The van der Waals surface area contributed by atoms with Crippen LogP contribution in [-0.4, -0.2) is 11.2 Å². The molecule has 0 bridgehead atoms. The van der Waals surface area contributed by atoms with E-state index >= 15 is 0 Å². The maximum atomic E-state index is 10.4. The zero-order chi connectivity index (χ0) is 12.1. The van der Waals surface area contributed by atoms with Crippen molar-refractivity contribution in [3.05, 3.63) is 0 Å². The Morgan fingerprint density at radius 3 is 2.35 bits per heavy atom. The minimum Gasteiger partial charge on any atom is -0.393 e. The van der Waals surface area contributed by atoms with Gasteiger partial charge in [-0.1, -0.05) is 58.3 Å². The van der Waals surface area contributed by atoms with Gasteiger partial charge >= 0.3 is 0 Å². The highest BCUT2D eigenvalue weighted by atomic mass is 16.3. The van der Waals surface area contributed by atoms with E-state index in [1.807, 2.05) is 0 Å². The molecule has 2 aliphatic carbocycles. The van der Waals surface area contributed by atoms with Crippen molar-refractivity contribution in [3.63, 3.8) is 0 Å². The molecule has 1 heteroatoms. The summed E-state index contributed by atoms with van der Waals surface area (Å²) in [5.74, 6) is 2.37. The van der Waals surface area contributed by atoms with E-state index in [1.165, 1.54) is 64.2 Å². The summed E-state index contributed by atoms with van der Waals surface area (Å²) < 4.78 is 0. The maximum absolute atomic E-state index is 10.4. The van der Waals surface area contributed by atoms with Crippen LogP contribution in [-0.2, 0) is 0 Å². The lowest BCUT2D eigenvalue weighted by Crippen LogP contribution is -2.30. The average Bonchev–Trinajstić information content (AvgIpc) is 2.89. The maximum Gasteiger partial charge on any atom is 0.0571 e. The van der Waals surface area contributed by atoms with Crippen LogP contribution in [0.4, 0.5) is 0 Å². The Kier molecular flexibility index (Phi) is 5.34. The van der Waals surface area contributed by atoms with Gasteiger partial charge in [0, 0.05) is 0 Å². The summed E-state index contributed by atoms with van der Waals surface area (Å²) in [6, 6.07) is 0. The van der Waals surface area contributed by atoms with Gasteiger partial charge in [0.05, 0.1) is 6.10 Å². The Morgan fingerprint density at radius 1 is 1.00 bits per heavy atom. The molecular weight excluding hydrogens is 208 g/mol. The normalized spacial score (nSPS) is 32.8. The van der Waals surface area contributed by atoms with Crippen LogP contribution in [0.15, 0.2) is 0 Å². The van der Waals surface area contributed by atoms with Crippen LogP contribution < -0.4 is 0 Å². The first-order valence-corrected chi connectivity index (χ1v) is 7.99. The lowest BCUT2D eigenvalue weighted by Gasteiger charge is -2.34. The topological polar surface area (TPSA) is 20.2 Å². The van der Waals surface area contributed by atoms with Gasteiger partial charge in [0.25, 0.3) is 0 Å². The minimum absolute atomic E-state index is 0.000787. The molecule has 0 aromatic heterocycles. The lowest BCUT2D eigenvalue weighted by molar-refractivity contribution is 0.0357. The van der Waals surface area contributed by atoms with Crippen molar-refractivity contribution >= 4 is 0 Å². The first kappa shape index (κ1) is 13.4. The average molecular weight is 238 g/mol. The summed E-state index contributed by atoms with van der Waals surface area (Å²) >= 11 is 0. The molecule has 17 heavy (non-hydrogen) atoms. The molecule has 1 nitrogen and oxygen atoms in total. The van der Waals surface area contributed by atoms with E-state index in [0.29, 0.717) is 5.92 Å². The third-order valence-electron chi connectivity index (χ3n) is 5.33. The number of hydrogen-bond acceptors (Lipinski definition) is 1. The van der Waals surface area contributed by atoms with Crippen molar-refractivity contribution in [1.29, 1.82) is 0 Å². The summed E-state index contributed by atoms with van der Waals surface area (Å²) in [6.45, 7) is 2.30. The van der Waals surface area contributed by atoms with Gasteiger partial charge in [0.2, 0.25) is 0 Å². The van der Waals surface area contributed by atoms with Crippen LogP contribution in [0.1, 0.15) is 77.6 Å². The van der Waals surface area contributed by atoms with Crippen LogP contribution >= 0.6 is 0 Å². The van der Waals surface area contributed by atoms with Gasteiger partial charge in [0.1, 0.15) is 0 Å². The molecule has 1 N–H and O–H groups in total. The van der Waals surface area contributed by atoms with Crippen LogP contribution in [0.25, 0.3) is 0 Å². The second-order valence-electron chi connectivity index (χ2n) is 6.41. The zero-order valence-electron chi connectivity index (χ0n) is 11.5. The van der Waals surface area contributed by atoms with Crippen LogP contribution in [0.2, 0.25) is 0 Å². The van der Waals surface area contributed by atoms with Gasteiger partial charge in [0.15, 0.2) is 0 Å². The molecule has 0 saturated heterocycles. The molecule has 0 radical (unpaired) electrons. The van der Waals surface area contributed by atoms with Crippen molar-refractivity contribution in [1.82, 2.24) is 0 Å². The Bertz CT molecular complexity index is 208. The van der Waals surface area contributed by atoms with E-state index < -0.39 is 0 Å².